The minimum Gasteiger partial charge on any atom is -0.508 e. The molecular weight excluding hydrogens is 298 g/mol. The molecule has 0 saturated heterocycles. The third-order valence-corrected chi connectivity index (χ3v) is 2.97. The van der Waals surface area contributed by atoms with Crippen molar-refractivity contribution in [3.05, 3.63) is 59.7 Å². The van der Waals surface area contributed by atoms with E-state index in [0.717, 1.165) is 0 Å². The molecule has 2 rings (SSSR count). The number of phenols is 1. The highest BCUT2D eigenvalue weighted by atomic mass is 16.3. The second kappa shape index (κ2) is 7.08. The van der Waals surface area contributed by atoms with Gasteiger partial charge in [-0.25, -0.2) is 10.2 Å². The van der Waals surface area contributed by atoms with Crippen LogP contribution in [0, 0.1) is 0 Å². The Morgan fingerprint density at radius 2 is 1.57 bits per heavy atom. The molecular formula is C16H15N3O4. The molecule has 0 aliphatic carbocycles. The highest BCUT2D eigenvalue weighted by molar-refractivity contribution is 6.04. The van der Waals surface area contributed by atoms with Crippen LogP contribution in [0.2, 0.25) is 0 Å². The average molecular weight is 313 g/mol. The quantitative estimate of drug-likeness (QED) is 0.514. The number of rotatable bonds is 3. The summed E-state index contributed by atoms with van der Waals surface area (Å²) in [5, 5.41) is 11.6. The van der Waals surface area contributed by atoms with Gasteiger partial charge in [-0.3, -0.25) is 15.0 Å². The normalized spacial score (nSPS) is 9.78. The van der Waals surface area contributed by atoms with Crippen LogP contribution in [0.4, 0.5) is 10.5 Å². The number of carbonyl (C=O) groups excluding carboxylic acids is 3. The Morgan fingerprint density at radius 1 is 0.913 bits per heavy atom. The summed E-state index contributed by atoms with van der Waals surface area (Å²) in [5.74, 6) is -0.692. The van der Waals surface area contributed by atoms with Crippen molar-refractivity contribution in [2.75, 3.05) is 5.32 Å². The van der Waals surface area contributed by atoms with Crippen LogP contribution >= 0.6 is 0 Å². The van der Waals surface area contributed by atoms with Gasteiger partial charge >= 0.3 is 6.03 Å². The van der Waals surface area contributed by atoms with E-state index in [9.17, 15) is 14.4 Å². The first-order valence-electron chi connectivity index (χ1n) is 6.73. The van der Waals surface area contributed by atoms with Gasteiger partial charge in [0.05, 0.1) is 5.69 Å². The number of hydrogen-bond acceptors (Lipinski definition) is 4. The fraction of sp³-hybridized carbons (Fsp3) is 0.0625. The Kier molecular flexibility index (Phi) is 4.93. The van der Waals surface area contributed by atoms with Crippen LogP contribution in [0.5, 0.6) is 5.75 Å². The summed E-state index contributed by atoms with van der Waals surface area (Å²) in [5.41, 5.74) is 5.39. The number of urea groups is 1. The van der Waals surface area contributed by atoms with Crippen LogP contribution in [0.25, 0.3) is 0 Å². The molecule has 0 spiro atoms. The Bertz CT molecular complexity index is 741. The predicted octanol–water partition coefficient (Wildman–Crippen LogP) is 2.06. The van der Waals surface area contributed by atoms with Gasteiger partial charge in [-0.15, -0.1) is 0 Å². The van der Waals surface area contributed by atoms with E-state index in [0.29, 0.717) is 11.3 Å². The zero-order chi connectivity index (χ0) is 16.8. The molecule has 0 fully saturated rings. The number of para-hydroxylation sites is 1. The maximum absolute atomic E-state index is 11.8. The lowest BCUT2D eigenvalue weighted by Crippen LogP contribution is -2.44. The summed E-state index contributed by atoms with van der Waals surface area (Å²) in [4.78, 5) is 35.1. The van der Waals surface area contributed by atoms with Crippen LogP contribution in [-0.4, -0.2) is 22.8 Å². The van der Waals surface area contributed by atoms with E-state index < -0.39 is 11.9 Å². The molecule has 0 unspecified atom stereocenters. The molecule has 2 aromatic rings. The third-order valence-electron chi connectivity index (χ3n) is 2.97. The zero-order valence-corrected chi connectivity index (χ0v) is 12.3. The van der Waals surface area contributed by atoms with E-state index in [1.165, 1.54) is 31.2 Å². The Hall–Kier alpha value is -3.35. The number of benzene rings is 2. The van der Waals surface area contributed by atoms with Gasteiger partial charge in [-0.1, -0.05) is 12.1 Å². The maximum atomic E-state index is 11.8. The molecule has 23 heavy (non-hydrogen) atoms. The summed E-state index contributed by atoms with van der Waals surface area (Å²) in [6.07, 6.45) is 0. The summed E-state index contributed by atoms with van der Waals surface area (Å²) in [6.45, 7) is 1.39. The largest absolute Gasteiger partial charge is 0.508 e. The smallest absolute Gasteiger partial charge is 0.337 e. The lowest BCUT2D eigenvalue weighted by molar-refractivity contribution is 0.0937. The molecule has 4 N–H and O–H groups in total. The van der Waals surface area contributed by atoms with Crippen LogP contribution in [0.3, 0.4) is 0 Å². The van der Waals surface area contributed by atoms with Gasteiger partial charge in [0.25, 0.3) is 5.91 Å². The van der Waals surface area contributed by atoms with Crippen molar-refractivity contribution in [1.82, 2.24) is 10.9 Å². The number of phenolic OH excluding ortho intramolecular Hbond substituents is 1. The van der Waals surface area contributed by atoms with E-state index in [-0.39, 0.29) is 17.1 Å². The molecule has 7 nitrogen and oxygen atoms in total. The fourth-order valence-electron chi connectivity index (χ4n) is 1.85. The van der Waals surface area contributed by atoms with Crippen LogP contribution < -0.4 is 16.2 Å². The van der Waals surface area contributed by atoms with Gasteiger partial charge in [0, 0.05) is 11.1 Å². The standard InChI is InChI=1S/C16H15N3O4/c1-10(20)13-4-2-3-5-14(13)17-16(23)19-18-15(22)11-6-8-12(21)9-7-11/h2-9,21H,1H3,(H,18,22)(H2,17,19,23). The molecule has 0 saturated carbocycles. The van der Waals surface area contributed by atoms with E-state index in [4.69, 9.17) is 5.11 Å². The van der Waals surface area contributed by atoms with Gasteiger partial charge in [-0.2, -0.15) is 0 Å². The average Bonchev–Trinajstić information content (AvgIpc) is 2.53. The molecule has 0 atom stereocenters. The topological polar surface area (TPSA) is 108 Å². The Morgan fingerprint density at radius 3 is 2.22 bits per heavy atom. The summed E-state index contributed by atoms with van der Waals surface area (Å²) in [6, 6.07) is 11.4. The summed E-state index contributed by atoms with van der Waals surface area (Å²) < 4.78 is 0. The maximum Gasteiger partial charge on any atom is 0.337 e. The molecule has 0 heterocycles. The van der Waals surface area contributed by atoms with Gasteiger partial charge in [0.2, 0.25) is 0 Å². The van der Waals surface area contributed by atoms with E-state index in [1.54, 1.807) is 24.3 Å². The van der Waals surface area contributed by atoms with Crippen LogP contribution in [0.15, 0.2) is 48.5 Å². The summed E-state index contributed by atoms with van der Waals surface area (Å²) >= 11 is 0. The van der Waals surface area contributed by atoms with Crippen molar-refractivity contribution in [3.63, 3.8) is 0 Å². The number of amides is 3. The number of ketones is 1. The number of nitrogens with one attached hydrogen (secondary N) is 3. The van der Waals surface area contributed by atoms with Crippen LogP contribution in [-0.2, 0) is 0 Å². The molecule has 3 amide bonds. The minimum atomic E-state index is -0.689. The Balaban J connectivity index is 1.94. The van der Waals surface area contributed by atoms with E-state index in [2.05, 4.69) is 16.2 Å². The third kappa shape index (κ3) is 4.31. The van der Waals surface area contributed by atoms with Crippen molar-refractivity contribution in [3.8, 4) is 5.75 Å². The lowest BCUT2D eigenvalue weighted by atomic mass is 10.1. The first-order chi connectivity index (χ1) is 11.0. The van der Waals surface area contributed by atoms with Gasteiger partial charge in [0.1, 0.15) is 5.75 Å². The van der Waals surface area contributed by atoms with Crippen molar-refractivity contribution >= 4 is 23.4 Å². The van der Waals surface area contributed by atoms with Gasteiger partial charge in [0.15, 0.2) is 5.78 Å². The van der Waals surface area contributed by atoms with Crippen molar-refractivity contribution in [2.24, 2.45) is 0 Å². The van der Waals surface area contributed by atoms with Crippen molar-refractivity contribution < 1.29 is 19.5 Å². The van der Waals surface area contributed by atoms with Crippen LogP contribution in [0.1, 0.15) is 27.6 Å². The second-order valence-electron chi connectivity index (χ2n) is 4.68. The number of hydrogen-bond donors (Lipinski definition) is 4. The fourth-order valence-corrected chi connectivity index (χ4v) is 1.85. The van der Waals surface area contributed by atoms with E-state index in [1.807, 2.05) is 0 Å². The molecule has 0 bridgehead atoms. The highest BCUT2D eigenvalue weighted by Gasteiger charge is 2.11. The first-order valence-corrected chi connectivity index (χ1v) is 6.73. The van der Waals surface area contributed by atoms with Gasteiger partial charge < -0.3 is 10.4 Å². The van der Waals surface area contributed by atoms with Crippen molar-refractivity contribution in [1.29, 1.82) is 0 Å². The molecule has 0 aromatic heterocycles. The zero-order valence-electron chi connectivity index (χ0n) is 12.3. The summed E-state index contributed by atoms with van der Waals surface area (Å²) in [7, 11) is 0. The molecule has 7 heteroatoms. The van der Waals surface area contributed by atoms with Crippen molar-refractivity contribution in [2.45, 2.75) is 6.92 Å². The number of aromatic hydroxyl groups is 1. The van der Waals surface area contributed by atoms with E-state index >= 15 is 0 Å². The SMILES string of the molecule is CC(=O)c1ccccc1NC(=O)NNC(=O)c1ccc(O)cc1. The lowest BCUT2D eigenvalue weighted by Gasteiger charge is -2.11. The molecule has 118 valence electrons. The number of hydrazine groups is 1. The predicted molar refractivity (Wildman–Crippen MR) is 84.2 cm³/mol. The first kappa shape index (κ1) is 16.0. The molecule has 0 aliphatic rings. The highest BCUT2D eigenvalue weighted by Crippen LogP contribution is 2.15. The number of Topliss-reactive ketones (excluding diaryl/α,β-unsaturated/α-hetero) is 1. The molecule has 0 radical (unpaired) electrons. The Labute approximate surface area is 132 Å². The number of carbonyl (C=O) groups is 3. The number of anilines is 1. The van der Waals surface area contributed by atoms with Gasteiger partial charge in [-0.05, 0) is 43.3 Å². The molecule has 2 aromatic carbocycles. The second-order valence-corrected chi connectivity index (χ2v) is 4.68. The molecule has 0 aliphatic heterocycles. The monoisotopic (exact) mass is 313 g/mol. The minimum absolute atomic E-state index is 0.0353.